The van der Waals surface area contributed by atoms with E-state index < -0.39 is 7.92 Å². The standard InChI is InChI=1S/C31H32NP/c1-30(2)25-20-21-31(30,3)28(27-19-18-22-12-10-11-17-26(22)32-27)29(25)33(23-13-6-4-7-14-23)24-15-8-5-9-16-24/h4-19,25,28-29H,20-21H2,1-3H3. The van der Waals surface area contributed by atoms with Crippen LogP contribution in [0, 0.1) is 16.7 Å². The van der Waals surface area contributed by atoms with Crippen molar-refractivity contribution < 1.29 is 0 Å². The Bertz CT molecular complexity index is 1240. The normalized spacial score (nSPS) is 27.9. The summed E-state index contributed by atoms with van der Waals surface area (Å²) in [7, 11) is -0.503. The summed E-state index contributed by atoms with van der Waals surface area (Å²) in [4.78, 5) is 5.32. The highest BCUT2D eigenvalue weighted by Crippen LogP contribution is 2.76. The van der Waals surface area contributed by atoms with Gasteiger partial charge in [-0.3, -0.25) is 4.98 Å². The van der Waals surface area contributed by atoms with Crippen molar-refractivity contribution in [1.82, 2.24) is 4.98 Å². The van der Waals surface area contributed by atoms with Gasteiger partial charge in [0.05, 0.1) is 5.52 Å². The number of hydrogen-bond acceptors (Lipinski definition) is 1. The molecule has 4 atom stereocenters. The first-order chi connectivity index (χ1) is 16.0. The zero-order chi connectivity index (χ0) is 22.6. The summed E-state index contributed by atoms with van der Waals surface area (Å²) >= 11 is 0. The highest BCUT2D eigenvalue weighted by Gasteiger charge is 2.68. The molecule has 33 heavy (non-hydrogen) atoms. The van der Waals surface area contributed by atoms with E-state index in [4.69, 9.17) is 4.98 Å². The van der Waals surface area contributed by atoms with Crippen LogP contribution in [-0.4, -0.2) is 10.6 Å². The van der Waals surface area contributed by atoms with E-state index in [1.54, 1.807) is 0 Å². The molecule has 6 rings (SSSR count). The van der Waals surface area contributed by atoms with Crippen molar-refractivity contribution in [2.24, 2.45) is 16.7 Å². The molecule has 2 heteroatoms. The van der Waals surface area contributed by atoms with Crippen LogP contribution in [0.1, 0.15) is 45.2 Å². The summed E-state index contributed by atoms with van der Waals surface area (Å²) in [6.07, 6.45) is 2.63. The first kappa shape index (κ1) is 21.1. The summed E-state index contributed by atoms with van der Waals surface area (Å²) in [5, 5.41) is 4.24. The highest BCUT2D eigenvalue weighted by atomic mass is 31.1. The monoisotopic (exact) mass is 449 g/mol. The molecular weight excluding hydrogens is 417 g/mol. The van der Waals surface area contributed by atoms with Crippen LogP contribution in [0.4, 0.5) is 0 Å². The number of hydrogen-bond donors (Lipinski definition) is 0. The van der Waals surface area contributed by atoms with Gasteiger partial charge in [0, 0.05) is 17.0 Å². The third-order valence-electron chi connectivity index (χ3n) is 9.12. The van der Waals surface area contributed by atoms with E-state index in [0.717, 1.165) is 5.52 Å². The van der Waals surface area contributed by atoms with Crippen LogP contribution in [0.25, 0.3) is 10.9 Å². The fourth-order valence-corrected chi connectivity index (χ4v) is 10.7. The molecule has 4 unspecified atom stereocenters. The van der Waals surface area contributed by atoms with Gasteiger partial charge in [-0.15, -0.1) is 0 Å². The lowest BCUT2D eigenvalue weighted by atomic mass is 9.66. The average molecular weight is 450 g/mol. The van der Waals surface area contributed by atoms with E-state index >= 15 is 0 Å². The fraction of sp³-hybridized carbons (Fsp3) is 0.323. The Labute approximate surface area is 199 Å². The average Bonchev–Trinajstić information content (AvgIpc) is 3.18. The number of nitrogens with zero attached hydrogens (tertiary/aromatic N) is 1. The Balaban J connectivity index is 1.57. The van der Waals surface area contributed by atoms with Gasteiger partial charge in [-0.05, 0) is 65.9 Å². The van der Waals surface area contributed by atoms with Gasteiger partial charge in [-0.1, -0.05) is 106 Å². The first-order valence-electron chi connectivity index (χ1n) is 12.3. The van der Waals surface area contributed by atoms with Crippen molar-refractivity contribution in [3.05, 3.63) is 103 Å². The van der Waals surface area contributed by atoms with Crippen molar-refractivity contribution >= 4 is 29.4 Å². The maximum atomic E-state index is 5.32. The van der Waals surface area contributed by atoms with Gasteiger partial charge < -0.3 is 0 Å². The maximum absolute atomic E-state index is 5.32. The lowest BCUT2D eigenvalue weighted by Crippen LogP contribution is -2.35. The van der Waals surface area contributed by atoms with Crippen molar-refractivity contribution in [2.75, 3.05) is 0 Å². The third kappa shape index (κ3) is 3.12. The van der Waals surface area contributed by atoms with Crippen LogP contribution >= 0.6 is 7.92 Å². The maximum Gasteiger partial charge on any atom is 0.0705 e. The summed E-state index contributed by atoms with van der Waals surface area (Å²) < 4.78 is 0. The lowest BCUT2D eigenvalue weighted by molar-refractivity contribution is 0.133. The zero-order valence-corrected chi connectivity index (χ0v) is 20.7. The van der Waals surface area contributed by atoms with Crippen molar-refractivity contribution in [3.63, 3.8) is 0 Å². The first-order valence-corrected chi connectivity index (χ1v) is 13.7. The molecule has 1 heterocycles. The number of para-hydroxylation sites is 1. The van der Waals surface area contributed by atoms with E-state index in [0.29, 0.717) is 22.9 Å². The molecule has 1 aromatic heterocycles. The molecule has 1 nitrogen and oxygen atoms in total. The second-order valence-corrected chi connectivity index (χ2v) is 13.1. The number of benzene rings is 3. The van der Waals surface area contributed by atoms with E-state index in [1.165, 1.54) is 34.5 Å². The molecule has 0 aliphatic heterocycles. The SMILES string of the molecule is CC1(C)C2CCC1(C)C(c1ccc3ccccc3n1)C2P(c1ccccc1)c1ccccc1. The molecule has 2 aliphatic rings. The number of aromatic nitrogens is 1. The summed E-state index contributed by atoms with van der Waals surface area (Å²) in [5.74, 6) is 1.16. The predicted octanol–water partition coefficient (Wildman–Crippen LogP) is 7.28. The van der Waals surface area contributed by atoms with Gasteiger partial charge in [0.15, 0.2) is 0 Å². The number of fused-ring (bicyclic) bond motifs is 3. The molecule has 2 fully saturated rings. The molecule has 0 amide bonds. The Kier molecular flexibility index (Phi) is 4.96. The summed E-state index contributed by atoms with van der Waals surface area (Å²) in [5.41, 5.74) is 3.56. The van der Waals surface area contributed by atoms with Crippen molar-refractivity contribution in [3.8, 4) is 0 Å². The highest BCUT2D eigenvalue weighted by molar-refractivity contribution is 7.73. The second kappa shape index (κ2) is 7.78. The van der Waals surface area contributed by atoms with E-state index in [-0.39, 0.29) is 5.41 Å². The van der Waals surface area contributed by atoms with Crippen LogP contribution < -0.4 is 10.6 Å². The minimum Gasteiger partial charge on any atom is -0.253 e. The van der Waals surface area contributed by atoms with E-state index in [2.05, 4.69) is 118 Å². The van der Waals surface area contributed by atoms with Gasteiger partial charge in [0.2, 0.25) is 0 Å². The van der Waals surface area contributed by atoms with Gasteiger partial charge in [0.1, 0.15) is 0 Å². The summed E-state index contributed by atoms with van der Waals surface area (Å²) in [6.45, 7) is 7.66. The van der Waals surface area contributed by atoms with Crippen LogP contribution in [0.2, 0.25) is 0 Å². The molecule has 2 bridgehead atoms. The predicted molar refractivity (Wildman–Crippen MR) is 142 cm³/mol. The van der Waals surface area contributed by atoms with Crippen LogP contribution in [-0.2, 0) is 0 Å². The Morgan fingerprint density at radius 1 is 0.727 bits per heavy atom. The van der Waals surface area contributed by atoms with Gasteiger partial charge in [0.25, 0.3) is 0 Å². The Hall–Kier alpha value is -2.50. The van der Waals surface area contributed by atoms with E-state index in [1.807, 2.05) is 0 Å². The van der Waals surface area contributed by atoms with Crippen molar-refractivity contribution in [1.29, 1.82) is 0 Å². The number of rotatable bonds is 4. The quantitative estimate of drug-likeness (QED) is 0.298. The Morgan fingerprint density at radius 2 is 1.33 bits per heavy atom. The molecule has 2 saturated carbocycles. The molecule has 2 aliphatic carbocycles. The van der Waals surface area contributed by atoms with Gasteiger partial charge in [-0.25, -0.2) is 0 Å². The zero-order valence-electron chi connectivity index (χ0n) is 19.8. The molecule has 0 N–H and O–H groups in total. The molecule has 166 valence electrons. The van der Waals surface area contributed by atoms with Crippen molar-refractivity contribution in [2.45, 2.75) is 45.2 Å². The number of pyridine rings is 1. The summed E-state index contributed by atoms with van der Waals surface area (Å²) in [6, 6.07) is 35.8. The van der Waals surface area contributed by atoms with Crippen LogP contribution in [0.5, 0.6) is 0 Å². The molecule has 0 radical (unpaired) electrons. The molecule has 0 spiro atoms. The Morgan fingerprint density at radius 3 is 2.00 bits per heavy atom. The van der Waals surface area contributed by atoms with Gasteiger partial charge >= 0.3 is 0 Å². The molecular formula is C31H32NP. The smallest absolute Gasteiger partial charge is 0.0705 e. The van der Waals surface area contributed by atoms with Crippen LogP contribution in [0.3, 0.4) is 0 Å². The minimum absolute atomic E-state index is 0.252. The van der Waals surface area contributed by atoms with Gasteiger partial charge in [-0.2, -0.15) is 0 Å². The lowest BCUT2D eigenvalue weighted by Gasteiger charge is -2.42. The van der Waals surface area contributed by atoms with E-state index in [9.17, 15) is 0 Å². The largest absolute Gasteiger partial charge is 0.253 e. The molecule has 3 aromatic carbocycles. The molecule has 4 aromatic rings. The third-order valence-corrected chi connectivity index (χ3v) is 12.1. The fourth-order valence-electron chi connectivity index (χ4n) is 7.08. The van der Waals surface area contributed by atoms with Crippen LogP contribution in [0.15, 0.2) is 97.1 Å². The minimum atomic E-state index is -0.503. The molecule has 0 saturated heterocycles. The second-order valence-electron chi connectivity index (χ2n) is 10.7. The topological polar surface area (TPSA) is 12.9 Å².